The highest BCUT2D eigenvalue weighted by Crippen LogP contribution is 2.25. The number of thiophene rings is 1. The van der Waals surface area contributed by atoms with E-state index < -0.39 is 0 Å². The minimum atomic E-state index is -0.137. The van der Waals surface area contributed by atoms with Gasteiger partial charge in [0.05, 0.1) is 17.0 Å². The molecule has 158 valence electrons. The van der Waals surface area contributed by atoms with Crippen LogP contribution in [0.25, 0.3) is 15.9 Å². The molecule has 2 aromatic heterocycles. The van der Waals surface area contributed by atoms with Crippen molar-refractivity contribution in [2.75, 3.05) is 11.1 Å². The van der Waals surface area contributed by atoms with E-state index in [1.807, 2.05) is 60.8 Å². The molecule has 0 fully saturated rings. The lowest BCUT2D eigenvalue weighted by molar-refractivity contribution is -0.113. The normalized spacial score (nSPS) is 11.2. The topological polar surface area (TPSA) is 64.0 Å². The SMILES string of the molecule is Cc1ccccc1-n1c(SCC(=O)Nc2cccc(C(C)C)c2)nc2ccsc2c1=O. The molecular weight excluding hydrogens is 426 g/mol. The molecule has 0 atom stereocenters. The Morgan fingerprint density at radius 3 is 2.74 bits per heavy atom. The highest BCUT2D eigenvalue weighted by atomic mass is 32.2. The number of fused-ring (bicyclic) bond motifs is 1. The summed E-state index contributed by atoms with van der Waals surface area (Å²) in [7, 11) is 0. The van der Waals surface area contributed by atoms with Crippen LogP contribution >= 0.6 is 23.1 Å². The lowest BCUT2D eigenvalue weighted by atomic mass is 10.0. The second-order valence-corrected chi connectivity index (χ2v) is 9.43. The maximum Gasteiger partial charge on any atom is 0.276 e. The highest BCUT2D eigenvalue weighted by Gasteiger charge is 2.17. The lowest BCUT2D eigenvalue weighted by Crippen LogP contribution is -2.22. The van der Waals surface area contributed by atoms with E-state index in [-0.39, 0.29) is 17.2 Å². The van der Waals surface area contributed by atoms with Gasteiger partial charge in [-0.3, -0.25) is 14.2 Å². The first-order valence-corrected chi connectivity index (χ1v) is 11.9. The molecule has 4 rings (SSSR count). The van der Waals surface area contributed by atoms with Crippen molar-refractivity contribution in [1.29, 1.82) is 0 Å². The summed E-state index contributed by atoms with van der Waals surface area (Å²) in [5, 5.41) is 5.33. The summed E-state index contributed by atoms with van der Waals surface area (Å²) in [6.45, 7) is 6.20. The number of thioether (sulfide) groups is 1. The van der Waals surface area contributed by atoms with Crippen molar-refractivity contribution in [3.8, 4) is 5.69 Å². The van der Waals surface area contributed by atoms with Gasteiger partial charge in [0.15, 0.2) is 5.16 Å². The molecule has 0 spiro atoms. The molecule has 0 radical (unpaired) electrons. The summed E-state index contributed by atoms with van der Waals surface area (Å²) in [6.07, 6.45) is 0. The predicted molar refractivity (Wildman–Crippen MR) is 130 cm³/mol. The zero-order valence-corrected chi connectivity index (χ0v) is 19.2. The number of para-hydroxylation sites is 1. The molecule has 1 amide bonds. The maximum absolute atomic E-state index is 13.2. The smallest absolute Gasteiger partial charge is 0.276 e. The van der Waals surface area contributed by atoms with Gasteiger partial charge in [-0.05, 0) is 53.6 Å². The van der Waals surface area contributed by atoms with E-state index in [9.17, 15) is 9.59 Å². The predicted octanol–water partition coefficient (Wildman–Crippen LogP) is 5.61. The lowest BCUT2D eigenvalue weighted by Gasteiger charge is -2.14. The van der Waals surface area contributed by atoms with E-state index in [2.05, 4.69) is 30.2 Å². The van der Waals surface area contributed by atoms with Crippen molar-refractivity contribution in [3.05, 3.63) is 81.5 Å². The Balaban J connectivity index is 1.62. The zero-order valence-electron chi connectivity index (χ0n) is 17.6. The molecule has 0 unspecified atom stereocenters. The van der Waals surface area contributed by atoms with Crippen LogP contribution < -0.4 is 10.9 Å². The van der Waals surface area contributed by atoms with Crippen LogP contribution in [0.5, 0.6) is 0 Å². The zero-order chi connectivity index (χ0) is 22.0. The number of nitrogens with one attached hydrogen (secondary N) is 1. The van der Waals surface area contributed by atoms with Crippen molar-refractivity contribution < 1.29 is 4.79 Å². The van der Waals surface area contributed by atoms with Crippen molar-refractivity contribution in [1.82, 2.24) is 9.55 Å². The van der Waals surface area contributed by atoms with Gasteiger partial charge in [-0.15, -0.1) is 11.3 Å². The number of hydrogen-bond acceptors (Lipinski definition) is 5. The van der Waals surface area contributed by atoms with Gasteiger partial charge in [0, 0.05) is 5.69 Å². The summed E-state index contributed by atoms with van der Waals surface area (Å²) in [5.74, 6) is 0.401. The summed E-state index contributed by atoms with van der Waals surface area (Å²) in [6, 6.07) is 17.4. The molecule has 0 aliphatic heterocycles. The van der Waals surface area contributed by atoms with E-state index in [0.717, 1.165) is 16.9 Å². The highest BCUT2D eigenvalue weighted by molar-refractivity contribution is 7.99. The number of nitrogens with zero attached hydrogens (tertiary/aromatic N) is 2. The number of rotatable bonds is 6. The molecule has 0 bridgehead atoms. The number of hydrogen-bond donors (Lipinski definition) is 1. The minimum Gasteiger partial charge on any atom is -0.325 e. The minimum absolute atomic E-state index is 0.109. The van der Waals surface area contributed by atoms with Crippen molar-refractivity contribution in [2.45, 2.75) is 31.8 Å². The fourth-order valence-electron chi connectivity index (χ4n) is 3.32. The number of aromatic nitrogens is 2. The summed E-state index contributed by atoms with van der Waals surface area (Å²) in [5.41, 5.74) is 4.24. The molecule has 0 aliphatic rings. The van der Waals surface area contributed by atoms with Crippen LogP contribution in [0.4, 0.5) is 5.69 Å². The number of amides is 1. The van der Waals surface area contributed by atoms with Gasteiger partial charge in [-0.1, -0.05) is 55.9 Å². The summed E-state index contributed by atoms with van der Waals surface area (Å²) in [4.78, 5) is 30.5. The molecular formula is C24H23N3O2S2. The number of carbonyl (C=O) groups is 1. The van der Waals surface area contributed by atoms with Gasteiger partial charge in [0.2, 0.25) is 5.91 Å². The fourth-order valence-corrected chi connectivity index (χ4v) is 4.88. The number of aryl methyl sites for hydroxylation is 1. The Bertz CT molecular complexity index is 1310. The van der Waals surface area contributed by atoms with Crippen LogP contribution in [-0.4, -0.2) is 21.2 Å². The average Bonchev–Trinajstić information content (AvgIpc) is 3.22. The molecule has 2 heterocycles. The monoisotopic (exact) mass is 449 g/mol. The van der Waals surface area contributed by atoms with E-state index in [1.54, 1.807) is 4.57 Å². The summed E-state index contributed by atoms with van der Waals surface area (Å²) < 4.78 is 2.23. The van der Waals surface area contributed by atoms with Crippen LogP contribution in [0.15, 0.2) is 69.9 Å². The third-order valence-electron chi connectivity index (χ3n) is 4.97. The van der Waals surface area contributed by atoms with E-state index >= 15 is 0 Å². The Morgan fingerprint density at radius 1 is 1.16 bits per heavy atom. The van der Waals surface area contributed by atoms with Crippen LogP contribution in [-0.2, 0) is 4.79 Å². The molecule has 0 saturated heterocycles. The molecule has 0 aliphatic carbocycles. The Morgan fingerprint density at radius 2 is 1.97 bits per heavy atom. The number of benzene rings is 2. The number of anilines is 1. The first-order chi connectivity index (χ1) is 14.9. The van der Waals surface area contributed by atoms with Crippen molar-refractivity contribution >= 4 is 44.9 Å². The van der Waals surface area contributed by atoms with Gasteiger partial charge < -0.3 is 5.32 Å². The van der Waals surface area contributed by atoms with Gasteiger partial charge in [0.1, 0.15) is 4.70 Å². The Kier molecular flexibility index (Phi) is 6.25. The molecule has 1 N–H and O–H groups in total. The molecule has 2 aromatic carbocycles. The van der Waals surface area contributed by atoms with Gasteiger partial charge in [0.25, 0.3) is 5.56 Å². The third-order valence-corrected chi connectivity index (χ3v) is 6.81. The second-order valence-electron chi connectivity index (χ2n) is 7.57. The van der Waals surface area contributed by atoms with E-state index in [0.29, 0.717) is 21.3 Å². The maximum atomic E-state index is 13.2. The number of carbonyl (C=O) groups excluding carboxylic acids is 1. The standard InChI is InChI=1S/C24H23N3O2S2/c1-15(2)17-8-6-9-18(13-17)25-21(28)14-31-24-26-19-11-12-30-22(19)23(29)27(24)20-10-5-4-7-16(20)3/h4-13,15H,14H2,1-3H3,(H,25,28). The van der Waals surface area contributed by atoms with Gasteiger partial charge >= 0.3 is 0 Å². The average molecular weight is 450 g/mol. The van der Waals surface area contributed by atoms with Crippen LogP contribution in [0, 0.1) is 6.92 Å². The molecule has 7 heteroatoms. The largest absolute Gasteiger partial charge is 0.325 e. The first kappa shape index (κ1) is 21.3. The van der Waals surface area contributed by atoms with Crippen molar-refractivity contribution in [3.63, 3.8) is 0 Å². The first-order valence-electron chi connectivity index (χ1n) is 10.0. The van der Waals surface area contributed by atoms with E-state index in [1.165, 1.54) is 28.7 Å². The van der Waals surface area contributed by atoms with Crippen LogP contribution in [0.2, 0.25) is 0 Å². The second kappa shape index (κ2) is 9.08. The van der Waals surface area contributed by atoms with E-state index in [4.69, 9.17) is 0 Å². The Hall–Kier alpha value is -2.90. The van der Waals surface area contributed by atoms with Gasteiger partial charge in [-0.2, -0.15) is 0 Å². The fraction of sp³-hybridized carbons (Fsp3) is 0.208. The van der Waals surface area contributed by atoms with Crippen molar-refractivity contribution in [2.24, 2.45) is 0 Å². The van der Waals surface area contributed by atoms with Gasteiger partial charge in [-0.25, -0.2) is 4.98 Å². The molecule has 5 nitrogen and oxygen atoms in total. The molecule has 31 heavy (non-hydrogen) atoms. The third kappa shape index (κ3) is 4.57. The molecule has 4 aromatic rings. The van der Waals surface area contributed by atoms with Crippen LogP contribution in [0.3, 0.4) is 0 Å². The summed E-state index contributed by atoms with van der Waals surface area (Å²) >= 11 is 2.65. The Labute approximate surface area is 189 Å². The molecule has 0 saturated carbocycles. The quantitative estimate of drug-likeness (QED) is 0.307. The van der Waals surface area contributed by atoms with Crippen LogP contribution in [0.1, 0.15) is 30.9 Å².